The molecule has 33 heavy (non-hydrogen) atoms. The predicted molar refractivity (Wildman–Crippen MR) is 132 cm³/mol. The molecule has 168 valence electrons. The highest BCUT2D eigenvalue weighted by Crippen LogP contribution is 2.36. The topological polar surface area (TPSA) is 67.9 Å². The third-order valence-electron chi connectivity index (χ3n) is 5.00. The molecule has 8 heteroatoms. The van der Waals surface area contributed by atoms with Crippen LogP contribution in [0.5, 0.6) is 11.5 Å². The molecule has 0 aromatic heterocycles. The van der Waals surface area contributed by atoms with Crippen LogP contribution >= 0.6 is 27.5 Å². The minimum atomic E-state index is -0.547. The van der Waals surface area contributed by atoms with Crippen molar-refractivity contribution in [1.29, 1.82) is 0 Å². The Balaban J connectivity index is 1.59. The summed E-state index contributed by atoms with van der Waals surface area (Å²) in [4.78, 5) is 26.4. The summed E-state index contributed by atoms with van der Waals surface area (Å²) in [5.41, 5.74) is 3.37. The van der Waals surface area contributed by atoms with Gasteiger partial charge in [0.15, 0.2) is 11.5 Å². The highest BCUT2D eigenvalue weighted by atomic mass is 79.9. The van der Waals surface area contributed by atoms with E-state index in [4.69, 9.17) is 21.1 Å². The average molecular weight is 528 g/mol. The number of halogens is 2. The first kappa shape index (κ1) is 22.9. The van der Waals surface area contributed by atoms with E-state index in [0.29, 0.717) is 38.9 Å². The van der Waals surface area contributed by atoms with E-state index < -0.39 is 11.9 Å². The highest BCUT2D eigenvalue weighted by molar-refractivity contribution is 9.10. The summed E-state index contributed by atoms with van der Waals surface area (Å²) in [6.07, 6.45) is 1.59. The Morgan fingerprint density at radius 2 is 1.85 bits per heavy atom. The van der Waals surface area contributed by atoms with Crippen molar-refractivity contribution in [2.45, 2.75) is 13.5 Å². The molecule has 3 aromatic rings. The lowest BCUT2D eigenvalue weighted by molar-refractivity contribution is -0.113. The Labute approximate surface area is 204 Å². The largest absolute Gasteiger partial charge is 0.493 e. The molecule has 3 aromatic carbocycles. The molecule has 0 aliphatic carbocycles. The number of hydrogen-bond acceptors (Lipinski definition) is 4. The first-order valence-corrected chi connectivity index (χ1v) is 11.2. The van der Waals surface area contributed by atoms with Gasteiger partial charge in [-0.3, -0.25) is 4.79 Å². The number of aryl methyl sites for hydroxylation is 1. The molecule has 1 N–H and O–H groups in total. The van der Waals surface area contributed by atoms with Crippen LogP contribution in [0, 0.1) is 6.92 Å². The minimum absolute atomic E-state index is 0.135. The standard InChI is InChI=1S/C25H20BrClN2O4/c1-15-5-3-6-16(9-15)14-33-23-13-20(26)17(11-22(23)32-2)10-21-24(30)29(25(31)28-21)19-8-4-7-18(27)12-19/h3-13H,14H2,1-2H3,(H,28,31)/b21-10+. The van der Waals surface area contributed by atoms with Crippen LogP contribution in [0.1, 0.15) is 16.7 Å². The van der Waals surface area contributed by atoms with Gasteiger partial charge in [0.25, 0.3) is 5.91 Å². The summed E-state index contributed by atoms with van der Waals surface area (Å²) < 4.78 is 12.1. The van der Waals surface area contributed by atoms with Crippen molar-refractivity contribution in [1.82, 2.24) is 5.32 Å². The smallest absolute Gasteiger partial charge is 0.333 e. The SMILES string of the molecule is COc1cc(/C=C2/NC(=O)N(c3cccc(Cl)c3)C2=O)c(Br)cc1OCc1cccc(C)c1. The summed E-state index contributed by atoms with van der Waals surface area (Å²) in [7, 11) is 1.54. The van der Waals surface area contributed by atoms with Crippen LogP contribution in [-0.2, 0) is 11.4 Å². The Hall–Kier alpha value is -3.29. The molecular formula is C25H20BrClN2O4. The van der Waals surface area contributed by atoms with E-state index in [0.717, 1.165) is 16.0 Å². The molecule has 0 spiro atoms. The number of anilines is 1. The number of methoxy groups -OCH3 is 1. The maximum Gasteiger partial charge on any atom is 0.333 e. The van der Waals surface area contributed by atoms with E-state index in [1.54, 1.807) is 49.6 Å². The van der Waals surface area contributed by atoms with Crippen LogP contribution in [0.3, 0.4) is 0 Å². The third-order valence-corrected chi connectivity index (χ3v) is 5.93. The van der Waals surface area contributed by atoms with E-state index in [2.05, 4.69) is 27.3 Å². The zero-order chi connectivity index (χ0) is 23.5. The molecule has 1 heterocycles. The van der Waals surface area contributed by atoms with Gasteiger partial charge in [-0.2, -0.15) is 0 Å². The maximum atomic E-state index is 12.9. The number of amides is 3. The van der Waals surface area contributed by atoms with Crippen LogP contribution in [0.2, 0.25) is 5.02 Å². The highest BCUT2D eigenvalue weighted by Gasteiger charge is 2.35. The van der Waals surface area contributed by atoms with Crippen LogP contribution in [0.15, 0.2) is 70.8 Å². The molecule has 4 rings (SSSR count). The summed E-state index contributed by atoms with van der Waals surface area (Å²) >= 11 is 9.54. The summed E-state index contributed by atoms with van der Waals surface area (Å²) in [5.74, 6) is 0.574. The van der Waals surface area contributed by atoms with Crippen molar-refractivity contribution >= 4 is 51.2 Å². The molecule has 0 unspecified atom stereocenters. The van der Waals surface area contributed by atoms with Crippen molar-refractivity contribution in [3.05, 3.63) is 92.5 Å². The van der Waals surface area contributed by atoms with Crippen molar-refractivity contribution in [3.8, 4) is 11.5 Å². The van der Waals surface area contributed by atoms with Gasteiger partial charge in [0.1, 0.15) is 12.3 Å². The second-order valence-electron chi connectivity index (χ2n) is 7.41. The van der Waals surface area contributed by atoms with Gasteiger partial charge in [-0.15, -0.1) is 0 Å². The number of hydrogen-bond donors (Lipinski definition) is 1. The fourth-order valence-corrected chi connectivity index (χ4v) is 4.06. The molecule has 6 nitrogen and oxygen atoms in total. The second kappa shape index (κ2) is 9.68. The first-order valence-electron chi connectivity index (χ1n) is 10.0. The van der Waals surface area contributed by atoms with Crippen LogP contribution in [0.4, 0.5) is 10.5 Å². The average Bonchev–Trinajstić information content (AvgIpc) is 3.06. The van der Waals surface area contributed by atoms with Gasteiger partial charge >= 0.3 is 6.03 Å². The van der Waals surface area contributed by atoms with E-state index in [1.807, 2.05) is 25.1 Å². The summed E-state index contributed by atoms with van der Waals surface area (Å²) in [6, 6.07) is 17.6. The van der Waals surface area contributed by atoms with Crippen LogP contribution in [0.25, 0.3) is 6.08 Å². The normalized spacial score (nSPS) is 14.5. The van der Waals surface area contributed by atoms with Gasteiger partial charge in [0, 0.05) is 9.50 Å². The molecule has 0 radical (unpaired) electrons. The number of benzene rings is 3. The lowest BCUT2D eigenvalue weighted by Gasteiger charge is -2.13. The lowest BCUT2D eigenvalue weighted by Crippen LogP contribution is -2.30. The minimum Gasteiger partial charge on any atom is -0.493 e. The monoisotopic (exact) mass is 526 g/mol. The van der Waals surface area contributed by atoms with Gasteiger partial charge in [0.05, 0.1) is 12.8 Å². The molecule has 1 aliphatic rings. The van der Waals surface area contributed by atoms with E-state index in [-0.39, 0.29) is 5.70 Å². The zero-order valence-corrected chi connectivity index (χ0v) is 20.2. The molecule has 3 amide bonds. The van der Waals surface area contributed by atoms with Gasteiger partial charge in [-0.25, -0.2) is 9.69 Å². The number of carbonyl (C=O) groups is 2. The zero-order valence-electron chi connectivity index (χ0n) is 17.9. The van der Waals surface area contributed by atoms with Gasteiger partial charge in [-0.1, -0.05) is 63.4 Å². The number of rotatable bonds is 6. The number of nitrogens with one attached hydrogen (secondary N) is 1. The molecule has 0 saturated carbocycles. The third kappa shape index (κ3) is 5.05. The van der Waals surface area contributed by atoms with E-state index in [1.165, 1.54) is 0 Å². The quantitative estimate of drug-likeness (QED) is 0.311. The fraction of sp³-hybridized carbons (Fsp3) is 0.120. The number of urea groups is 1. The molecular weight excluding hydrogens is 508 g/mol. The molecule has 0 bridgehead atoms. The van der Waals surface area contributed by atoms with Crippen molar-refractivity contribution in [2.24, 2.45) is 0 Å². The molecule has 1 fully saturated rings. The second-order valence-corrected chi connectivity index (χ2v) is 8.70. The number of nitrogens with zero attached hydrogens (tertiary/aromatic N) is 1. The number of imide groups is 1. The van der Waals surface area contributed by atoms with Crippen molar-refractivity contribution < 1.29 is 19.1 Å². The predicted octanol–water partition coefficient (Wildman–Crippen LogP) is 6.10. The van der Waals surface area contributed by atoms with Crippen molar-refractivity contribution in [2.75, 3.05) is 12.0 Å². The Morgan fingerprint density at radius 1 is 1.06 bits per heavy atom. The summed E-state index contributed by atoms with van der Waals surface area (Å²) in [6.45, 7) is 2.41. The molecule has 0 atom stereocenters. The first-order chi connectivity index (χ1) is 15.9. The molecule has 1 saturated heterocycles. The fourth-order valence-electron chi connectivity index (χ4n) is 3.44. The van der Waals surface area contributed by atoms with E-state index in [9.17, 15) is 9.59 Å². The maximum absolute atomic E-state index is 12.9. The van der Waals surface area contributed by atoms with E-state index >= 15 is 0 Å². The van der Waals surface area contributed by atoms with Gasteiger partial charge in [0.2, 0.25) is 0 Å². The van der Waals surface area contributed by atoms with Crippen LogP contribution in [-0.4, -0.2) is 19.0 Å². The Bertz CT molecular complexity index is 1280. The Kier molecular flexibility index (Phi) is 6.72. The summed E-state index contributed by atoms with van der Waals surface area (Å²) in [5, 5.41) is 3.04. The molecule has 1 aliphatic heterocycles. The van der Waals surface area contributed by atoms with Crippen LogP contribution < -0.4 is 19.7 Å². The van der Waals surface area contributed by atoms with Gasteiger partial charge in [-0.05, 0) is 54.5 Å². The number of carbonyl (C=O) groups excluding carboxylic acids is 2. The number of ether oxygens (including phenoxy) is 2. The lowest BCUT2D eigenvalue weighted by atomic mass is 10.1. The Morgan fingerprint density at radius 3 is 2.58 bits per heavy atom. The van der Waals surface area contributed by atoms with Crippen molar-refractivity contribution in [3.63, 3.8) is 0 Å². The van der Waals surface area contributed by atoms with Gasteiger partial charge < -0.3 is 14.8 Å².